The third-order valence-electron chi connectivity index (χ3n) is 4.54. The number of fused-ring (bicyclic) bond motifs is 1. The molecule has 26 heavy (non-hydrogen) atoms. The van der Waals surface area contributed by atoms with Gasteiger partial charge >= 0.3 is 0 Å². The van der Waals surface area contributed by atoms with E-state index in [0.717, 1.165) is 18.2 Å². The number of benzene rings is 1. The molecule has 0 bridgehead atoms. The molecule has 3 rings (SSSR count). The van der Waals surface area contributed by atoms with E-state index in [-0.39, 0.29) is 41.8 Å². The fraction of sp³-hybridized carbons (Fsp3) is 0.412. The van der Waals surface area contributed by atoms with Gasteiger partial charge in [0.1, 0.15) is 5.82 Å². The lowest BCUT2D eigenvalue weighted by atomic mass is 9.83. The highest BCUT2D eigenvalue weighted by Crippen LogP contribution is 2.38. The first-order valence-corrected chi connectivity index (χ1v) is 8.00. The summed E-state index contributed by atoms with van der Waals surface area (Å²) in [6.45, 7) is -0.261. The predicted molar refractivity (Wildman–Crippen MR) is 87.6 cm³/mol. The standard InChI is InChI=1S/C17H17F3N2O4/c18-9-5-10-12(23)7-13(26-14(10)11(21)6-9)15(24)22-8-16(25)1-3-17(19,20)4-2-16/h5-7,25H,1-4,8,21H2,(H,22,24). The summed E-state index contributed by atoms with van der Waals surface area (Å²) in [6, 6.07) is 2.79. The summed E-state index contributed by atoms with van der Waals surface area (Å²) >= 11 is 0. The molecule has 0 aliphatic heterocycles. The quantitative estimate of drug-likeness (QED) is 0.718. The largest absolute Gasteiger partial charge is 0.448 e. The van der Waals surface area contributed by atoms with Crippen LogP contribution in [0.3, 0.4) is 0 Å². The topological polar surface area (TPSA) is 106 Å². The smallest absolute Gasteiger partial charge is 0.287 e. The summed E-state index contributed by atoms with van der Waals surface area (Å²) in [4.78, 5) is 24.3. The van der Waals surface area contributed by atoms with Crippen molar-refractivity contribution in [2.75, 3.05) is 12.3 Å². The van der Waals surface area contributed by atoms with Crippen LogP contribution in [0.2, 0.25) is 0 Å². The maximum atomic E-state index is 13.3. The second kappa shape index (κ2) is 6.31. The fourth-order valence-corrected chi connectivity index (χ4v) is 2.95. The van der Waals surface area contributed by atoms with Crippen LogP contribution in [0.5, 0.6) is 0 Å². The highest BCUT2D eigenvalue weighted by atomic mass is 19.3. The van der Waals surface area contributed by atoms with Gasteiger partial charge in [-0.3, -0.25) is 9.59 Å². The van der Waals surface area contributed by atoms with E-state index in [2.05, 4.69) is 5.32 Å². The van der Waals surface area contributed by atoms with Gasteiger partial charge in [0.25, 0.3) is 5.91 Å². The molecule has 140 valence electrons. The molecule has 2 aromatic rings. The van der Waals surface area contributed by atoms with E-state index in [1.165, 1.54) is 0 Å². The van der Waals surface area contributed by atoms with Crippen LogP contribution in [0.4, 0.5) is 18.9 Å². The number of halogens is 3. The molecule has 0 unspecified atom stereocenters. The lowest BCUT2D eigenvalue weighted by molar-refractivity contribution is -0.101. The number of hydrogen-bond donors (Lipinski definition) is 3. The van der Waals surface area contributed by atoms with E-state index >= 15 is 0 Å². The first kappa shape index (κ1) is 18.2. The molecule has 1 heterocycles. The second-order valence-electron chi connectivity index (χ2n) is 6.61. The van der Waals surface area contributed by atoms with E-state index in [0.29, 0.717) is 0 Å². The molecule has 1 fully saturated rings. The van der Waals surface area contributed by atoms with E-state index in [1.807, 2.05) is 0 Å². The first-order chi connectivity index (χ1) is 12.1. The Balaban J connectivity index is 1.77. The van der Waals surface area contributed by atoms with Gasteiger partial charge < -0.3 is 20.6 Å². The minimum atomic E-state index is -2.81. The van der Waals surface area contributed by atoms with Crippen LogP contribution in [-0.4, -0.2) is 29.1 Å². The van der Waals surface area contributed by atoms with Crippen LogP contribution in [-0.2, 0) is 0 Å². The monoisotopic (exact) mass is 370 g/mol. The van der Waals surface area contributed by atoms with Crippen molar-refractivity contribution in [2.24, 2.45) is 0 Å². The number of nitrogen functional groups attached to an aromatic ring is 1. The van der Waals surface area contributed by atoms with Crippen molar-refractivity contribution in [3.63, 3.8) is 0 Å². The predicted octanol–water partition coefficient (Wildman–Crippen LogP) is 2.18. The summed E-state index contributed by atoms with van der Waals surface area (Å²) in [5.41, 5.74) is 3.25. The minimum absolute atomic E-state index is 0.104. The zero-order valence-corrected chi connectivity index (χ0v) is 13.7. The van der Waals surface area contributed by atoms with Gasteiger partial charge in [-0.2, -0.15) is 0 Å². The Kier molecular flexibility index (Phi) is 4.43. The van der Waals surface area contributed by atoms with Crippen LogP contribution >= 0.6 is 0 Å². The number of rotatable bonds is 3. The molecule has 1 amide bonds. The van der Waals surface area contributed by atoms with Gasteiger partial charge in [-0.15, -0.1) is 0 Å². The summed E-state index contributed by atoms with van der Waals surface area (Å²) < 4.78 is 45.0. The Labute approximate surface area is 145 Å². The van der Waals surface area contributed by atoms with Gasteiger partial charge in [0, 0.05) is 31.5 Å². The van der Waals surface area contributed by atoms with Crippen LogP contribution in [0.25, 0.3) is 11.0 Å². The Hall–Kier alpha value is -2.55. The average molecular weight is 370 g/mol. The number of nitrogens with two attached hydrogens (primary N) is 1. The summed E-state index contributed by atoms with van der Waals surface area (Å²) in [6.07, 6.45) is -1.25. The molecule has 1 aromatic carbocycles. The molecule has 1 aliphatic rings. The van der Waals surface area contributed by atoms with Crippen molar-refractivity contribution >= 4 is 22.6 Å². The number of alkyl halides is 2. The molecule has 4 N–H and O–H groups in total. The van der Waals surface area contributed by atoms with E-state index in [9.17, 15) is 27.9 Å². The van der Waals surface area contributed by atoms with Gasteiger partial charge in [-0.05, 0) is 18.9 Å². The van der Waals surface area contributed by atoms with Crippen molar-refractivity contribution in [2.45, 2.75) is 37.2 Å². The van der Waals surface area contributed by atoms with Crippen LogP contribution in [0.15, 0.2) is 27.4 Å². The molecule has 9 heteroatoms. The van der Waals surface area contributed by atoms with Crippen molar-refractivity contribution in [1.29, 1.82) is 0 Å². The average Bonchev–Trinajstić information content (AvgIpc) is 2.57. The molecule has 1 saturated carbocycles. The first-order valence-electron chi connectivity index (χ1n) is 8.00. The van der Waals surface area contributed by atoms with E-state index in [4.69, 9.17) is 10.2 Å². The van der Waals surface area contributed by atoms with Gasteiger partial charge in [-0.25, -0.2) is 13.2 Å². The molecule has 0 radical (unpaired) electrons. The molecular formula is C17H17F3N2O4. The lowest BCUT2D eigenvalue weighted by Crippen LogP contribution is -2.47. The fourth-order valence-electron chi connectivity index (χ4n) is 2.95. The molecular weight excluding hydrogens is 353 g/mol. The minimum Gasteiger partial charge on any atom is -0.448 e. The highest BCUT2D eigenvalue weighted by molar-refractivity contribution is 5.95. The lowest BCUT2D eigenvalue weighted by Gasteiger charge is -2.35. The molecule has 6 nitrogen and oxygen atoms in total. The van der Waals surface area contributed by atoms with E-state index < -0.39 is 41.5 Å². The molecule has 1 aliphatic carbocycles. The summed E-state index contributed by atoms with van der Waals surface area (Å²) in [5.74, 6) is -4.70. The Morgan fingerprint density at radius 1 is 1.23 bits per heavy atom. The number of nitrogens with one attached hydrogen (secondary N) is 1. The zero-order chi connectivity index (χ0) is 19.1. The van der Waals surface area contributed by atoms with Gasteiger partial charge in [0.05, 0.1) is 16.7 Å². The number of aliphatic hydroxyl groups is 1. The highest BCUT2D eigenvalue weighted by Gasteiger charge is 2.42. The number of hydrogen-bond acceptors (Lipinski definition) is 5. The molecule has 1 aromatic heterocycles. The van der Waals surface area contributed by atoms with Crippen LogP contribution < -0.4 is 16.5 Å². The van der Waals surface area contributed by atoms with Crippen LogP contribution in [0, 0.1) is 5.82 Å². The zero-order valence-electron chi connectivity index (χ0n) is 13.7. The Bertz CT molecular complexity index is 916. The van der Waals surface area contributed by atoms with Crippen LogP contribution in [0.1, 0.15) is 36.2 Å². The number of amides is 1. The number of anilines is 1. The Morgan fingerprint density at radius 3 is 2.54 bits per heavy atom. The van der Waals surface area contributed by atoms with E-state index in [1.54, 1.807) is 0 Å². The summed E-state index contributed by atoms with van der Waals surface area (Å²) in [5, 5.41) is 12.6. The molecule has 0 spiro atoms. The van der Waals surface area contributed by atoms with Gasteiger partial charge in [0.15, 0.2) is 16.8 Å². The van der Waals surface area contributed by atoms with Gasteiger partial charge in [-0.1, -0.05) is 0 Å². The second-order valence-corrected chi connectivity index (χ2v) is 6.61. The van der Waals surface area contributed by atoms with Gasteiger partial charge in [0.2, 0.25) is 5.92 Å². The summed E-state index contributed by atoms with van der Waals surface area (Å²) in [7, 11) is 0. The van der Waals surface area contributed by atoms with Crippen molar-refractivity contribution < 1.29 is 27.5 Å². The third kappa shape index (κ3) is 3.67. The molecule has 0 saturated heterocycles. The normalized spacial score (nSPS) is 18.6. The molecule has 0 atom stereocenters. The Morgan fingerprint density at radius 2 is 1.88 bits per heavy atom. The SMILES string of the molecule is Nc1cc(F)cc2c(=O)cc(C(=O)NCC3(O)CCC(F)(F)CC3)oc12. The van der Waals surface area contributed by atoms with Crippen molar-refractivity contribution in [3.8, 4) is 0 Å². The maximum absolute atomic E-state index is 13.3. The maximum Gasteiger partial charge on any atom is 0.287 e. The van der Waals surface area contributed by atoms with Crippen molar-refractivity contribution in [1.82, 2.24) is 5.32 Å². The van der Waals surface area contributed by atoms with Crippen molar-refractivity contribution in [3.05, 3.63) is 40.0 Å². The number of carbonyl (C=O) groups excluding carboxylic acids is 1. The number of carbonyl (C=O) groups is 1. The third-order valence-corrected chi connectivity index (χ3v) is 4.54.